The molecule has 0 aliphatic heterocycles. The SMILES string of the molecule is COc1cc(C(=O)OCCOc2ccccc2Cl)c([N+](=O)[O-])cc1OC. The van der Waals surface area contributed by atoms with Gasteiger partial charge >= 0.3 is 5.97 Å². The van der Waals surface area contributed by atoms with E-state index in [1.165, 1.54) is 20.3 Å². The maximum Gasteiger partial charge on any atom is 0.345 e. The van der Waals surface area contributed by atoms with Gasteiger partial charge in [0.25, 0.3) is 5.69 Å². The highest BCUT2D eigenvalue weighted by Crippen LogP contribution is 2.34. The number of benzene rings is 2. The van der Waals surface area contributed by atoms with Crippen molar-refractivity contribution in [3.63, 3.8) is 0 Å². The Bertz CT molecular complexity index is 810. The van der Waals surface area contributed by atoms with E-state index in [-0.39, 0.29) is 30.3 Å². The number of esters is 1. The van der Waals surface area contributed by atoms with Crippen molar-refractivity contribution in [1.82, 2.24) is 0 Å². The van der Waals surface area contributed by atoms with Gasteiger partial charge in [0.2, 0.25) is 0 Å². The first kappa shape index (κ1) is 19.3. The van der Waals surface area contributed by atoms with Crippen LogP contribution < -0.4 is 14.2 Å². The molecule has 0 spiro atoms. The number of hydrogen-bond donors (Lipinski definition) is 0. The molecule has 8 nitrogen and oxygen atoms in total. The van der Waals surface area contributed by atoms with Crippen LogP contribution in [0.25, 0.3) is 0 Å². The summed E-state index contributed by atoms with van der Waals surface area (Å²) in [6.07, 6.45) is 0. The van der Waals surface area contributed by atoms with Crippen molar-refractivity contribution in [2.24, 2.45) is 0 Å². The van der Waals surface area contributed by atoms with E-state index in [1.54, 1.807) is 24.3 Å². The molecule has 2 aromatic rings. The Balaban J connectivity index is 2.06. The Hall–Kier alpha value is -3.00. The molecule has 2 rings (SSSR count). The van der Waals surface area contributed by atoms with E-state index in [4.69, 9.17) is 30.5 Å². The van der Waals surface area contributed by atoms with E-state index in [0.29, 0.717) is 10.8 Å². The summed E-state index contributed by atoms with van der Waals surface area (Å²) >= 11 is 5.95. The first-order chi connectivity index (χ1) is 12.5. The number of carbonyl (C=O) groups excluding carboxylic acids is 1. The summed E-state index contributed by atoms with van der Waals surface area (Å²) in [5.74, 6) is -0.113. The molecular formula is C17H16ClNO7. The molecule has 0 aromatic heterocycles. The Labute approximate surface area is 154 Å². The molecule has 9 heteroatoms. The molecule has 0 bridgehead atoms. The van der Waals surface area contributed by atoms with Crippen molar-refractivity contribution in [2.75, 3.05) is 27.4 Å². The van der Waals surface area contributed by atoms with Crippen LogP contribution >= 0.6 is 11.6 Å². The van der Waals surface area contributed by atoms with Gasteiger partial charge in [-0.2, -0.15) is 0 Å². The van der Waals surface area contributed by atoms with Gasteiger partial charge in [-0.1, -0.05) is 23.7 Å². The highest BCUT2D eigenvalue weighted by Gasteiger charge is 2.25. The third-order valence-electron chi connectivity index (χ3n) is 3.33. The maximum absolute atomic E-state index is 12.2. The normalized spacial score (nSPS) is 10.1. The number of halogens is 1. The van der Waals surface area contributed by atoms with E-state index in [2.05, 4.69) is 0 Å². The molecule has 138 valence electrons. The number of hydrogen-bond acceptors (Lipinski definition) is 7. The molecule has 0 amide bonds. The number of nitrogens with zero attached hydrogens (tertiary/aromatic N) is 1. The fourth-order valence-corrected chi connectivity index (χ4v) is 2.30. The largest absolute Gasteiger partial charge is 0.493 e. The Kier molecular flexibility index (Phi) is 6.62. The minimum absolute atomic E-state index is 0.0383. The fourth-order valence-electron chi connectivity index (χ4n) is 2.11. The molecule has 0 aliphatic rings. The van der Waals surface area contributed by atoms with Crippen molar-refractivity contribution in [1.29, 1.82) is 0 Å². The second-order valence-electron chi connectivity index (χ2n) is 4.90. The summed E-state index contributed by atoms with van der Waals surface area (Å²) < 4.78 is 20.5. The van der Waals surface area contributed by atoms with Gasteiger partial charge in [0.15, 0.2) is 11.5 Å². The lowest BCUT2D eigenvalue weighted by Gasteiger charge is -2.11. The smallest absolute Gasteiger partial charge is 0.345 e. The summed E-state index contributed by atoms with van der Waals surface area (Å²) in [4.78, 5) is 22.7. The fraction of sp³-hybridized carbons (Fsp3) is 0.235. The number of ether oxygens (including phenoxy) is 4. The second kappa shape index (κ2) is 8.91. The van der Waals surface area contributed by atoms with Crippen molar-refractivity contribution in [2.45, 2.75) is 0 Å². The Morgan fingerprint density at radius 2 is 1.73 bits per heavy atom. The summed E-state index contributed by atoms with van der Waals surface area (Å²) in [5, 5.41) is 11.6. The Morgan fingerprint density at radius 3 is 2.35 bits per heavy atom. The molecular weight excluding hydrogens is 366 g/mol. The summed E-state index contributed by atoms with van der Waals surface area (Å²) in [7, 11) is 2.70. The molecule has 0 atom stereocenters. The maximum atomic E-state index is 12.2. The van der Waals surface area contributed by atoms with Gasteiger partial charge in [-0.25, -0.2) is 4.79 Å². The van der Waals surface area contributed by atoms with Gasteiger partial charge in [-0.05, 0) is 12.1 Å². The quantitative estimate of drug-likeness (QED) is 0.299. The minimum Gasteiger partial charge on any atom is -0.493 e. The molecule has 0 aliphatic carbocycles. The van der Waals surface area contributed by atoms with Gasteiger partial charge < -0.3 is 18.9 Å². The third kappa shape index (κ3) is 4.54. The number of methoxy groups -OCH3 is 2. The van der Waals surface area contributed by atoms with Gasteiger partial charge in [0.05, 0.1) is 30.2 Å². The van der Waals surface area contributed by atoms with E-state index in [1.807, 2.05) is 0 Å². The van der Waals surface area contributed by atoms with Crippen LogP contribution in [0.15, 0.2) is 36.4 Å². The summed E-state index contributed by atoms with van der Waals surface area (Å²) in [6, 6.07) is 9.15. The molecule has 0 saturated heterocycles. The van der Waals surface area contributed by atoms with Crippen molar-refractivity contribution in [3.05, 3.63) is 57.1 Å². The number of para-hydroxylation sites is 1. The lowest BCUT2D eigenvalue weighted by atomic mass is 10.1. The standard InChI is InChI=1S/C17H16ClNO7/c1-23-15-9-11(13(19(21)22)10-16(15)24-2)17(20)26-8-7-25-14-6-4-3-5-12(14)18/h3-6,9-10H,7-8H2,1-2H3. The molecule has 0 saturated carbocycles. The summed E-state index contributed by atoms with van der Waals surface area (Å²) in [5.41, 5.74) is -0.690. The second-order valence-corrected chi connectivity index (χ2v) is 5.30. The van der Waals surface area contributed by atoms with E-state index >= 15 is 0 Å². The van der Waals surface area contributed by atoms with Crippen molar-refractivity contribution < 1.29 is 28.7 Å². The number of nitro benzene ring substituents is 1. The topological polar surface area (TPSA) is 97.1 Å². The van der Waals surface area contributed by atoms with Crippen LogP contribution in [0.2, 0.25) is 5.02 Å². The average molecular weight is 382 g/mol. The number of nitro groups is 1. The van der Waals surface area contributed by atoms with Gasteiger partial charge in [0, 0.05) is 6.07 Å². The average Bonchev–Trinajstić information content (AvgIpc) is 2.65. The van der Waals surface area contributed by atoms with Crippen LogP contribution in [0.1, 0.15) is 10.4 Å². The van der Waals surface area contributed by atoms with Crippen LogP contribution in [0.5, 0.6) is 17.2 Å². The minimum atomic E-state index is -0.875. The number of rotatable bonds is 8. The zero-order chi connectivity index (χ0) is 19.1. The van der Waals surface area contributed by atoms with Gasteiger partial charge in [0.1, 0.15) is 24.5 Å². The highest BCUT2D eigenvalue weighted by atomic mass is 35.5. The molecule has 0 heterocycles. The predicted molar refractivity (Wildman–Crippen MR) is 93.4 cm³/mol. The van der Waals surface area contributed by atoms with E-state index in [9.17, 15) is 14.9 Å². The molecule has 0 N–H and O–H groups in total. The lowest BCUT2D eigenvalue weighted by molar-refractivity contribution is -0.385. The van der Waals surface area contributed by atoms with Gasteiger partial charge in [-0.15, -0.1) is 0 Å². The lowest BCUT2D eigenvalue weighted by Crippen LogP contribution is -2.14. The first-order valence-electron chi connectivity index (χ1n) is 7.42. The van der Waals surface area contributed by atoms with Crippen LogP contribution in [0.3, 0.4) is 0 Å². The molecule has 0 fully saturated rings. The molecule has 26 heavy (non-hydrogen) atoms. The van der Waals surface area contributed by atoms with Crippen molar-refractivity contribution >= 4 is 23.3 Å². The van der Waals surface area contributed by atoms with Gasteiger partial charge in [-0.3, -0.25) is 10.1 Å². The molecule has 0 radical (unpaired) electrons. The molecule has 0 unspecified atom stereocenters. The van der Waals surface area contributed by atoms with E-state index in [0.717, 1.165) is 6.07 Å². The third-order valence-corrected chi connectivity index (χ3v) is 3.64. The Morgan fingerprint density at radius 1 is 1.08 bits per heavy atom. The van der Waals surface area contributed by atoms with Crippen LogP contribution in [0, 0.1) is 10.1 Å². The summed E-state index contributed by atoms with van der Waals surface area (Å²) in [6.45, 7) is -0.0773. The van der Waals surface area contributed by atoms with Crippen LogP contribution in [-0.4, -0.2) is 38.3 Å². The predicted octanol–water partition coefficient (Wildman–Crippen LogP) is 3.50. The zero-order valence-corrected chi connectivity index (χ0v) is 14.8. The highest BCUT2D eigenvalue weighted by molar-refractivity contribution is 6.32. The zero-order valence-electron chi connectivity index (χ0n) is 14.1. The van der Waals surface area contributed by atoms with E-state index < -0.39 is 16.6 Å². The van der Waals surface area contributed by atoms with Crippen LogP contribution in [-0.2, 0) is 4.74 Å². The monoisotopic (exact) mass is 381 g/mol. The van der Waals surface area contributed by atoms with Crippen LogP contribution in [0.4, 0.5) is 5.69 Å². The molecule has 2 aromatic carbocycles. The van der Waals surface area contributed by atoms with Crippen molar-refractivity contribution in [3.8, 4) is 17.2 Å². The first-order valence-corrected chi connectivity index (χ1v) is 7.80. The number of carbonyl (C=O) groups is 1.